The number of methoxy groups -OCH3 is 2. The van der Waals surface area contributed by atoms with Crippen molar-refractivity contribution in [3.05, 3.63) is 121 Å². The fourth-order valence-corrected chi connectivity index (χ4v) is 8.76. The number of likely N-dealkylation sites (tertiary alicyclic amines) is 2. The van der Waals surface area contributed by atoms with Crippen molar-refractivity contribution in [2.75, 3.05) is 27.3 Å². The van der Waals surface area contributed by atoms with Crippen LogP contribution in [0.4, 0.5) is 9.59 Å². The van der Waals surface area contributed by atoms with Crippen LogP contribution in [0.2, 0.25) is 0 Å². The van der Waals surface area contributed by atoms with E-state index >= 15 is 0 Å². The first-order chi connectivity index (χ1) is 30.0. The Hall–Kier alpha value is -6.96. The number of imidazole rings is 2. The van der Waals surface area contributed by atoms with Gasteiger partial charge in [0.2, 0.25) is 5.91 Å². The third-order valence-electron chi connectivity index (χ3n) is 12.1. The molecule has 14 heteroatoms. The normalized spacial score (nSPS) is 18.5. The number of rotatable bonds is 11. The lowest BCUT2D eigenvalue weighted by Gasteiger charge is -2.30. The summed E-state index contributed by atoms with van der Waals surface area (Å²) in [4.78, 5) is 72.0. The molecule has 0 aliphatic carbocycles. The predicted octanol–water partition coefficient (Wildman–Crippen LogP) is 8.34. The van der Waals surface area contributed by atoms with Gasteiger partial charge in [0.15, 0.2) is 0 Å². The second-order valence-corrected chi connectivity index (χ2v) is 16.6. The first kappa shape index (κ1) is 41.8. The summed E-state index contributed by atoms with van der Waals surface area (Å²) >= 11 is 0. The summed E-state index contributed by atoms with van der Waals surface area (Å²) in [5, 5.41) is 7.62. The number of ether oxygens (including phenoxy) is 2. The van der Waals surface area contributed by atoms with Gasteiger partial charge < -0.3 is 39.9 Å². The molecule has 6 aromatic rings. The molecule has 4 heterocycles. The molecule has 8 rings (SSSR count). The number of aromatic nitrogens is 4. The van der Waals surface area contributed by atoms with Gasteiger partial charge in [-0.15, -0.1) is 0 Å². The van der Waals surface area contributed by atoms with E-state index in [0.29, 0.717) is 24.5 Å². The Morgan fingerprint density at radius 3 is 1.94 bits per heavy atom. The van der Waals surface area contributed by atoms with E-state index in [4.69, 9.17) is 19.4 Å². The average molecular weight is 837 g/mol. The first-order valence-corrected chi connectivity index (χ1v) is 21.1. The van der Waals surface area contributed by atoms with E-state index < -0.39 is 24.3 Å². The van der Waals surface area contributed by atoms with Crippen LogP contribution in [0.3, 0.4) is 0 Å². The van der Waals surface area contributed by atoms with Gasteiger partial charge in [-0.05, 0) is 76.3 Å². The Labute approximate surface area is 360 Å². The van der Waals surface area contributed by atoms with Gasteiger partial charge in [-0.25, -0.2) is 19.6 Å². The van der Waals surface area contributed by atoms with Crippen LogP contribution in [0, 0.1) is 11.8 Å². The Morgan fingerprint density at radius 2 is 1.27 bits per heavy atom. The summed E-state index contributed by atoms with van der Waals surface area (Å²) in [6, 6.07) is 28.2. The number of H-pyrrole nitrogens is 2. The van der Waals surface area contributed by atoms with E-state index in [9.17, 15) is 19.2 Å². The molecular formula is C48H52N8O6. The maximum Gasteiger partial charge on any atom is 0.407 e. The lowest BCUT2D eigenvalue weighted by Crippen LogP contribution is -2.51. The van der Waals surface area contributed by atoms with Crippen LogP contribution >= 0.6 is 0 Å². The lowest BCUT2D eigenvalue weighted by molar-refractivity contribution is -0.136. The quantitative estimate of drug-likeness (QED) is 0.101. The Morgan fingerprint density at radius 1 is 0.694 bits per heavy atom. The summed E-state index contributed by atoms with van der Waals surface area (Å²) in [5.41, 5.74) is 6.51. The smallest absolute Gasteiger partial charge is 0.407 e. The van der Waals surface area contributed by atoms with Gasteiger partial charge in [0.1, 0.15) is 23.7 Å². The van der Waals surface area contributed by atoms with Gasteiger partial charge >= 0.3 is 12.2 Å². The van der Waals surface area contributed by atoms with Gasteiger partial charge in [-0.3, -0.25) is 9.59 Å². The number of benzene rings is 4. The molecule has 0 saturated carbocycles. The van der Waals surface area contributed by atoms with Crippen molar-refractivity contribution >= 4 is 34.8 Å². The molecule has 0 bridgehead atoms. The van der Waals surface area contributed by atoms with E-state index in [1.165, 1.54) is 14.2 Å². The van der Waals surface area contributed by atoms with Gasteiger partial charge in [-0.1, -0.05) is 99.6 Å². The molecule has 2 aromatic heterocycles. The molecule has 0 radical (unpaired) electrons. The molecule has 14 nitrogen and oxygen atoms in total. The summed E-state index contributed by atoms with van der Waals surface area (Å²) < 4.78 is 9.63. The van der Waals surface area contributed by atoms with Crippen molar-refractivity contribution < 1.29 is 28.7 Å². The summed E-state index contributed by atoms with van der Waals surface area (Å²) in [5.74, 6) is 1.23. The van der Waals surface area contributed by atoms with Crippen molar-refractivity contribution in [2.45, 2.75) is 64.2 Å². The van der Waals surface area contributed by atoms with Gasteiger partial charge in [0, 0.05) is 18.7 Å². The van der Waals surface area contributed by atoms with Crippen LogP contribution in [-0.2, 0) is 19.1 Å². The maximum atomic E-state index is 13.9. The topological polar surface area (TPSA) is 175 Å². The van der Waals surface area contributed by atoms with Crippen LogP contribution in [0.25, 0.3) is 44.4 Å². The van der Waals surface area contributed by atoms with Crippen molar-refractivity contribution in [2.24, 2.45) is 11.8 Å². The molecule has 2 aliphatic rings. The van der Waals surface area contributed by atoms with Crippen LogP contribution in [0.5, 0.6) is 0 Å². The van der Waals surface area contributed by atoms with E-state index in [0.717, 1.165) is 69.5 Å². The second-order valence-electron chi connectivity index (χ2n) is 16.6. The zero-order chi connectivity index (χ0) is 43.5. The molecule has 2 aliphatic heterocycles. The van der Waals surface area contributed by atoms with E-state index in [-0.39, 0.29) is 35.7 Å². The number of nitrogens with zero attached hydrogens (tertiary/aromatic N) is 4. The third-order valence-corrected chi connectivity index (χ3v) is 12.1. The summed E-state index contributed by atoms with van der Waals surface area (Å²) in [6.07, 6.45) is 4.67. The number of amides is 4. The molecule has 1 unspecified atom stereocenters. The minimum absolute atomic E-state index is 0.117. The van der Waals surface area contributed by atoms with Crippen molar-refractivity contribution in [1.82, 2.24) is 40.4 Å². The highest BCUT2D eigenvalue weighted by Crippen LogP contribution is 2.37. The Kier molecular flexibility index (Phi) is 12.1. The zero-order valence-corrected chi connectivity index (χ0v) is 35.6. The Bertz CT molecular complexity index is 2570. The van der Waals surface area contributed by atoms with E-state index in [1.54, 1.807) is 11.1 Å². The highest BCUT2D eigenvalue weighted by atomic mass is 16.5. The number of fused-ring (bicyclic) bond motifs is 1. The van der Waals surface area contributed by atoms with E-state index in [1.807, 2.05) is 55.3 Å². The maximum absolute atomic E-state index is 13.9. The number of alkyl carbamates (subject to hydrolysis) is 2. The lowest BCUT2D eigenvalue weighted by atomic mass is 9.98. The highest BCUT2D eigenvalue weighted by Gasteiger charge is 2.40. The molecule has 2 saturated heterocycles. The van der Waals surface area contributed by atoms with Crippen molar-refractivity contribution in [3.63, 3.8) is 0 Å². The minimum Gasteiger partial charge on any atom is -0.453 e. The molecule has 320 valence electrons. The van der Waals surface area contributed by atoms with Gasteiger partial charge in [0.05, 0.1) is 50.1 Å². The standard InChI is InChI=1S/C48H52N8O6/c1-28(2)41(53-47(59)61-4)45(57)56-27-29(3)22-40(56)44-50-26-38(52-44)36-20-19-34-23-33(17-18-35(34)24-36)30-13-15-31(16-14-30)37-25-49-43(51-37)39-12-9-21-55(39)46(58)42(54-48(60)62-5)32-10-7-6-8-11-32/h6-8,10-11,13-20,23-26,28-29,39-42H,9,12,21-22,27H2,1-5H3,(H,49,51)(H,50,52)(H,53,59)(H,54,60)/t29-,39+,40+,41?,42-/m1/s1. The summed E-state index contributed by atoms with van der Waals surface area (Å²) in [6.45, 7) is 7.07. The number of nitrogens with one attached hydrogen (secondary N) is 4. The largest absolute Gasteiger partial charge is 0.453 e. The van der Waals surface area contributed by atoms with Crippen molar-refractivity contribution in [3.8, 4) is 33.6 Å². The molecule has 4 amide bonds. The SMILES string of the molecule is COC(=O)NC(C(=O)N1C[C@H](C)C[C@H]1c1ncc(-c2ccc3cc(-c4ccc(-c5cnc([C@@H]6CCCN6C(=O)[C@H](NC(=O)OC)c6ccccc6)[nH]5)cc4)ccc3c2)[nH]1)C(C)C. The number of hydrogen-bond donors (Lipinski definition) is 4. The molecule has 2 fully saturated rings. The first-order valence-electron chi connectivity index (χ1n) is 21.1. The molecule has 5 atom stereocenters. The van der Waals surface area contributed by atoms with Crippen LogP contribution < -0.4 is 10.6 Å². The Balaban J connectivity index is 0.948. The molecule has 0 spiro atoms. The third kappa shape index (κ3) is 8.63. The van der Waals surface area contributed by atoms with Crippen LogP contribution in [-0.4, -0.2) is 87.1 Å². The molecule has 62 heavy (non-hydrogen) atoms. The molecular weight excluding hydrogens is 785 g/mol. The fourth-order valence-electron chi connectivity index (χ4n) is 8.76. The number of carbonyl (C=O) groups excluding carboxylic acids is 4. The second kappa shape index (κ2) is 17.9. The fraction of sp³-hybridized carbons (Fsp3) is 0.333. The van der Waals surface area contributed by atoms with Crippen LogP contribution in [0.15, 0.2) is 103 Å². The van der Waals surface area contributed by atoms with Crippen LogP contribution in [0.1, 0.15) is 75.4 Å². The van der Waals surface area contributed by atoms with Gasteiger partial charge in [-0.2, -0.15) is 0 Å². The minimum atomic E-state index is -0.881. The monoisotopic (exact) mass is 836 g/mol. The number of aromatic amines is 2. The molecule has 4 aromatic carbocycles. The average Bonchev–Trinajstić information content (AvgIpc) is 4.14. The van der Waals surface area contributed by atoms with Gasteiger partial charge in [0.25, 0.3) is 5.91 Å². The highest BCUT2D eigenvalue weighted by molar-refractivity contribution is 5.91. The predicted molar refractivity (Wildman–Crippen MR) is 235 cm³/mol. The number of carbonyl (C=O) groups is 4. The number of hydrogen-bond acceptors (Lipinski definition) is 8. The van der Waals surface area contributed by atoms with Crippen molar-refractivity contribution in [1.29, 1.82) is 0 Å². The van der Waals surface area contributed by atoms with E-state index in [2.05, 4.69) is 88.2 Å². The molecule has 4 N–H and O–H groups in total. The zero-order valence-electron chi connectivity index (χ0n) is 35.6. The summed E-state index contributed by atoms with van der Waals surface area (Å²) in [7, 11) is 2.58.